The molecule has 0 bridgehead atoms. The number of nitrogens with zero attached hydrogens (tertiary/aromatic N) is 3. The summed E-state index contributed by atoms with van der Waals surface area (Å²) in [4.78, 5) is 15.9. The fraction of sp³-hybridized carbons (Fsp3) is 0.378. The van der Waals surface area contributed by atoms with Crippen LogP contribution in [-0.4, -0.2) is 75.9 Å². The predicted octanol–water partition coefficient (Wildman–Crippen LogP) is 6.75. The number of hydrogen-bond donors (Lipinski definition) is 1. The number of piperidine rings is 1. The first-order valence-electron chi connectivity index (χ1n) is 15.8. The maximum absolute atomic E-state index is 13.1. The van der Waals surface area contributed by atoms with Crippen molar-refractivity contribution in [2.24, 2.45) is 0 Å². The highest BCUT2D eigenvalue weighted by atomic mass is 32.2. The minimum atomic E-state index is -3.50. The van der Waals surface area contributed by atoms with Gasteiger partial charge in [0.15, 0.2) is 0 Å². The number of likely N-dealkylation sites (N-methyl/N-ethyl adjacent to an activating group) is 1. The highest BCUT2D eigenvalue weighted by molar-refractivity contribution is 7.89. The number of fused-ring (bicyclic) bond motifs is 1. The quantitative estimate of drug-likeness (QED) is 0.211. The van der Waals surface area contributed by atoms with E-state index in [1.807, 2.05) is 48.5 Å². The van der Waals surface area contributed by atoms with Crippen molar-refractivity contribution in [2.75, 3.05) is 47.3 Å². The highest BCUT2D eigenvalue weighted by Gasteiger charge is 2.33. The van der Waals surface area contributed by atoms with E-state index in [4.69, 9.17) is 0 Å². The molecule has 1 N–H and O–H groups in total. The Balaban J connectivity index is 0.000000231. The molecule has 1 aliphatic heterocycles. The van der Waals surface area contributed by atoms with Gasteiger partial charge in [0.2, 0.25) is 10.0 Å². The molecule has 2 amide bonds. The van der Waals surface area contributed by atoms with Gasteiger partial charge in [-0.05, 0) is 72.9 Å². The third kappa shape index (κ3) is 9.39. The lowest BCUT2D eigenvalue weighted by Crippen LogP contribution is -2.43. The lowest BCUT2D eigenvalue weighted by molar-refractivity contribution is 0.199. The van der Waals surface area contributed by atoms with Gasteiger partial charge in [-0.2, -0.15) is 0 Å². The third-order valence-corrected chi connectivity index (χ3v) is 10.5. The molecule has 1 saturated heterocycles. The van der Waals surface area contributed by atoms with Crippen molar-refractivity contribution in [1.82, 2.24) is 19.4 Å². The Bertz CT molecular complexity index is 1600. The third-order valence-electron chi connectivity index (χ3n) is 8.64. The maximum atomic E-state index is 13.1. The summed E-state index contributed by atoms with van der Waals surface area (Å²) in [5.41, 5.74) is 2.09. The van der Waals surface area contributed by atoms with E-state index in [2.05, 4.69) is 47.5 Å². The number of sulfonamides is 1. The van der Waals surface area contributed by atoms with Crippen molar-refractivity contribution >= 4 is 26.8 Å². The van der Waals surface area contributed by atoms with Crippen molar-refractivity contribution in [3.63, 3.8) is 0 Å². The number of benzene rings is 4. The molecule has 1 heterocycles. The van der Waals surface area contributed by atoms with Crippen LogP contribution in [0.5, 0.6) is 0 Å². The molecule has 0 aliphatic carbocycles. The summed E-state index contributed by atoms with van der Waals surface area (Å²) in [5.74, 6) is 0. The number of nitrogens with one attached hydrogen (secondary N) is 1. The zero-order valence-electron chi connectivity index (χ0n) is 27.2. The average Bonchev–Trinajstić information content (AvgIpc) is 3.07. The molecular formula is C37H48N4O3S. The monoisotopic (exact) mass is 628 g/mol. The van der Waals surface area contributed by atoms with E-state index in [1.165, 1.54) is 44.8 Å². The summed E-state index contributed by atoms with van der Waals surface area (Å²) >= 11 is 0. The molecule has 45 heavy (non-hydrogen) atoms. The summed E-state index contributed by atoms with van der Waals surface area (Å²) in [6.07, 6.45) is 4.80. The van der Waals surface area contributed by atoms with E-state index in [1.54, 1.807) is 45.4 Å². The lowest BCUT2D eigenvalue weighted by Gasteiger charge is -2.37. The van der Waals surface area contributed by atoms with E-state index in [-0.39, 0.29) is 11.4 Å². The second-order valence-corrected chi connectivity index (χ2v) is 14.4. The Morgan fingerprint density at radius 2 is 1.40 bits per heavy atom. The van der Waals surface area contributed by atoms with Crippen LogP contribution in [0, 0.1) is 0 Å². The number of likely N-dealkylation sites (tertiary alicyclic amines) is 1. The van der Waals surface area contributed by atoms with Gasteiger partial charge in [0, 0.05) is 39.6 Å². The summed E-state index contributed by atoms with van der Waals surface area (Å²) < 4.78 is 27.6. The molecule has 7 nitrogen and oxygen atoms in total. The molecule has 0 spiro atoms. The normalized spacial score (nSPS) is 15.1. The molecule has 1 aliphatic rings. The molecule has 8 heteroatoms. The van der Waals surface area contributed by atoms with Crippen molar-refractivity contribution in [2.45, 2.75) is 49.5 Å². The van der Waals surface area contributed by atoms with Gasteiger partial charge in [-0.15, -0.1) is 0 Å². The van der Waals surface area contributed by atoms with Gasteiger partial charge in [0.1, 0.15) is 0 Å². The van der Waals surface area contributed by atoms with Gasteiger partial charge < -0.3 is 15.1 Å². The second kappa shape index (κ2) is 16.0. The number of carbonyl (C=O) groups is 1. The molecule has 4 aromatic carbocycles. The SMILES string of the molecule is CN(C)C(=O)NCc1cccc2ccccc12.CN(CC(C)(CCN1CCCCC1)c1ccccc1)S(=O)(=O)c1ccccc1. The van der Waals surface area contributed by atoms with Crippen LogP contribution in [-0.2, 0) is 22.0 Å². The fourth-order valence-electron chi connectivity index (χ4n) is 5.87. The Labute approximate surface area is 269 Å². The Morgan fingerprint density at radius 1 is 0.800 bits per heavy atom. The Kier molecular flexibility index (Phi) is 12.2. The summed E-state index contributed by atoms with van der Waals surface area (Å²) in [6, 6.07) is 33.3. The van der Waals surface area contributed by atoms with Crippen LogP contribution in [0.3, 0.4) is 0 Å². The first kappa shape index (κ1) is 34.2. The van der Waals surface area contributed by atoms with Gasteiger partial charge in [-0.1, -0.05) is 104 Å². The predicted molar refractivity (Wildman–Crippen MR) is 185 cm³/mol. The van der Waals surface area contributed by atoms with E-state index in [0.29, 0.717) is 18.0 Å². The zero-order chi connectivity index (χ0) is 32.3. The van der Waals surface area contributed by atoms with Gasteiger partial charge in [0.05, 0.1) is 4.90 Å². The van der Waals surface area contributed by atoms with E-state index >= 15 is 0 Å². The smallest absolute Gasteiger partial charge is 0.317 e. The molecule has 0 saturated carbocycles. The number of amides is 2. The van der Waals surface area contributed by atoms with Crippen LogP contribution in [0.2, 0.25) is 0 Å². The Hall–Kier alpha value is -3.72. The zero-order valence-corrected chi connectivity index (χ0v) is 28.0. The van der Waals surface area contributed by atoms with E-state index < -0.39 is 10.0 Å². The molecular weight excluding hydrogens is 580 g/mol. The average molecular weight is 629 g/mol. The van der Waals surface area contributed by atoms with E-state index in [9.17, 15) is 13.2 Å². The summed E-state index contributed by atoms with van der Waals surface area (Å²) in [6.45, 7) is 6.53. The van der Waals surface area contributed by atoms with Gasteiger partial charge in [0.25, 0.3) is 0 Å². The van der Waals surface area contributed by atoms with Crippen molar-refractivity contribution in [3.8, 4) is 0 Å². The van der Waals surface area contributed by atoms with Crippen molar-refractivity contribution < 1.29 is 13.2 Å². The molecule has 5 rings (SSSR count). The molecule has 0 radical (unpaired) electrons. The number of hydrogen-bond acceptors (Lipinski definition) is 4. The maximum Gasteiger partial charge on any atom is 0.317 e. The number of urea groups is 1. The van der Waals surface area contributed by atoms with E-state index in [0.717, 1.165) is 31.6 Å². The van der Waals surface area contributed by atoms with Crippen LogP contribution in [0.15, 0.2) is 108 Å². The standard InChI is InChI=1S/C23H32N2O2S.C14H16N2O/c1-23(21-12-6-3-7-13-21,16-19-25-17-10-5-11-18-25)20-24(2)28(26,27)22-14-8-4-9-15-22;1-16(2)14(17)15-10-12-8-5-7-11-6-3-4-9-13(11)12/h3-4,6-9,12-15H,5,10-11,16-20H2,1-2H3;3-9H,10H2,1-2H3,(H,15,17). The van der Waals surface area contributed by atoms with Crippen LogP contribution in [0.25, 0.3) is 10.8 Å². The molecule has 240 valence electrons. The molecule has 1 fully saturated rings. The largest absolute Gasteiger partial charge is 0.334 e. The van der Waals surface area contributed by atoms with Gasteiger partial charge in [-0.3, -0.25) is 0 Å². The van der Waals surface area contributed by atoms with Crippen molar-refractivity contribution in [1.29, 1.82) is 0 Å². The van der Waals surface area contributed by atoms with Crippen LogP contribution < -0.4 is 5.32 Å². The minimum Gasteiger partial charge on any atom is -0.334 e. The number of rotatable bonds is 10. The van der Waals surface area contributed by atoms with Crippen molar-refractivity contribution in [3.05, 3.63) is 114 Å². The molecule has 1 unspecified atom stereocenters. The van der Waals surface area contributed by atoms with Gasteiger partial charge in [-0.25, -0.2) is 17.5 Å². The summed E-state index contributed by atoms with van der Waals surface area (Å²) in [7, 11) is 1.66. The minimum absolute atomic E-state index is 0.0714. The lowest BCUT2D eigenvalue weighted by atomic mass is 9.79. The summed E-state index contributed by atoms with van der Waals surface area (Å²) in [5, 5.41) is 5.26. The molecule has 4 aromatic rings. The topological polar surface area (TPSA) is 73.0 Å². The van der Waals surface area contributed by atoms with Crippen LogP contribution >= 0.6 is 0 Å². The highest BCUT2D eigenvalue weighted by Crippen LogP contribution is 2.31. The first-order chi connectivity index (χ1) is 21.6. The first-order valence-corrected chi connectivity index (χ1v) is 17.3. The molecule has 0 aromatic heterocycles. The van der Waals surface area contributed by atoms with Crippen LogP contribution in [0.4, 0.5) is 4.79 Å². The van der Waals surface area contributed by atoms with Crippen LogP contribution in [0.1, 0.15) is 43.7 Å². The molecule has 1 atom stereocenters. The second-order valence-electron chi connectivity index (χ2n) is 12.3. The Morgan fingerprint density at radius 3 is 2.07 bits per heavy atom. The fourth-order valence-corrected chi connectivity index (χ4v) is 7.18. The number of carbonyl (C=O) groups excluding carboxylic acids is 1. The van der Waals surface area contributed by atoms with Gasteiger partial charge >= 0.3 is 6.03 Å².